The van der Waals surface area contributed by atoms with E-state index in [1.807, 2.05) is 30.3 Å². The van der Waals surface area contributed by atoms with Crippen molar-refractivity contribution in [2.45, 2.75) is 26.6 Å². The van der Waals surface area contributed by atoms with Crippen molar-refractivity contribution < 1.29 is 14.6 Å². The van der Waals surface area contributed by atoms with Gasteiger partial charge in [-0.05, 0) is 36.2 Å². The Bertz CT molecular complexity index is 529. The van der Waals surface area contributed by atoms with Crippen LogP contribution in [0, 0.1) is 0 Å². The second kappa shape index (κ2) is 7.50. The molecular weight excluding hydrogens is 254 g/mol. The van der Waals surface area contributed by atoms with Crippen LogP contribution >= 0.6 is 0 Å². The second-order valence-electron chi connectivity index (χ2n) is 4.42. The third kappa shape index (κ3) is 3.96. The summed E-state index contributed by atoms with van der Waals surface area (Å²) in [5, 5.41) is 9.35. The Labute approximate surface area is 119 Å². The molecule has 4 heteroatoms. The number of aliphatic hydroxyl groups excluding tert-OH is 1. The van der Waals surface area contributed by atoms with Gasteiger partial charge in [0.1, 0.15) is 18.1 Å². The Hall–Kier alpha value is -2.07. The number of nitrogens with zero attached hydrogens (tertiary/aromatic N) is 1. The molecule has 1 aromatic heterocycles. The molecule has 0 saturated heterocycles. The minimum Gasteiger partial charge on any atom is -0.493 e. The SMILES string of the molecule is CCCOc1ccc(CO)c(OCc2ccncc2)c1. The average Bonchev–Trinajstić information content (AvgIpc) is 2.52. The van der Waals surface area contributed by atoms with Crippen molar-refractivity contribution >= 4 is 0 Å². The summed E-state index contributed by atoms with van der Waals surface area (Å²) in [6, 6.07) is 9.29. The molecule has 0 unspecified atom stereocenters. The number of pyridine rings is 1. The Morgan fingerprint density at radius 1 is 1.10 bits per heavy atom. The predicted molar refractivity (Wildman–Crippen MR) is 76.7 cm³/mol. The van der Waals surface area contributed by atoms with E-state index in [4.69, 9.17) is 9.47 Å². The summed E-state index contributed by atoms with van der Waals surface area (Å²) in [5.74, 6) is 1.41. The lowest BCUT2D eigenvalue weighted by Gasteiger charge is -2.12. The van der Waals surface area contributed by atoms with Crippen LogP contribution in [0.2, 0.25) is 0 Å². The molecule has 0 radical (unpaired) electrons. The van der Waals surface area contributed by atoms with Crippen LogP contribution in [0.25, 0.3) is 0 Å². The lowest BCUT2D eigenvalue weighted by atomic mass is 10.2. The Kier molecular flexibility index (Phi) is 5.38. The summed E-state index contributed by atoms with van der Waals surface area (Å²) < 4.78 is 11.3. The molecule has 2 rings (SSSR count). The molecular formula is C16H19NO3. The number of aliphatic hydroxyl groups is 1. The molecule has 0 saturated carbocycles. The summed E-state index contributed by atoms with van der Waals surface area (Å²) in [4.78, 5) is 3.97. The van der Waals surface area contributed by atoms with Gasteiger partial charge in [0, 0.05) is 24.0 Å². The van der Waals surface area contributed by atoms with Gasteiger partial charge >= 0.3 is 0 Å². The molecule has 1 N–H and O–H groups in total. The second-order valence-corrected chi connectivity index (χ2v) is 4.42. The molecule has 0 fully saturated rings. The van der Waals surface area contributed by atoms with Crippen LogP contribution in [-0.4, -0.2) is 16.7 Å². The lowest BCUT2D eigenvalue weighted by molar-refractivity contribution is 0.256. The first-order valence-corrected chi connectivity index (χ1v) is 6.71. The molecule has 1 aromatic carbocycles. The molecule has 0 aliphatic carbocycles. The number of aromatic nitrogens is 1. The van der Waals surface area contributed by atoms with Crippen LogP contribution in [0.3, 0.4) is 0 Å². The van der Waals surface area contributed by atoms with E-state index in [2.05, 4.69) is 11.9 Å². The quantitative estimate of drug-likeness (QED) is 0.842. The van der Waals surface area contributed by atoms with E-state index in [9.17, 15) is 5.11 Å². The van der Waals surface area contributed by atoms with Gasteiger partial charge < -0.3 is 14.6 Å². The van der Waals surface area contributed by atoms with E-state index in [0.29, 0.717) is 19.0 Å². The van der Waals surface area contributed by atoms with Gasteiger partial charge in [0.15, 0.2) is 0 Å². The van der Waals surface area contributed by atoms with Gasteiger partial charge in [-0.3, -0.25) is 4.98 Å². The number of benzene rings is 1. The van der Waals surface area contributed by atoms with E-state index >= 15 is 0 Å². The van der Waals surface area contributed by atoms with Crippen LogP contribution in [0.1, 0.15) is 24.5 Å². The van der Waals surface area contributed by atoms with E-state index in [1.54, 1.807) is 12.4 Å². The van der Waals surface area contributed by atoms with Gasteiger partial charge in [0.05, 0.1) is 13.2 Å². The third-order valence-corrected chi connectivity index (χ3v) is 2.83. The van der Waals surface area contributed by atoms with Gasteiger partial charge in [0.25, 0.3) is 0 Å². The fourth-order valence-electron chi connectivity index (χ4n) is 1.75. The van der Waals surface area contributed by atoms with Gasteiger partial charge in [0.2, 0.25) is 0 Å². The first kappa shape index (κ1) is 14.3. The zero-order valence-electron chi connectivity index (χ0n) is 11.6. The molecule has 2 aromatic rings. The summed E-state index contributed by atoms with van der Waals surface area (Å²) >= 11 is 0. The maximum Gasteiger partial charge on any atom is 0.129 e. The fraction of sp³-hybridized carbons (Fsp3) is 0.312. The van der Waals surface area contributed by atoms with Crippen LogP contribution in [0.4, 0.5) is 0 Å². The smallest absolute Gasteiger partial charge is 0.129 e. The van der Waals surface area contributed by atoms with Gasteiger partial charge in [-0.15, -0.1) is 0 Å². The highest BCUT2D eigenvalue weighted by Gasteiger charge is 2.06. The number of ether oxygens (including phenoxy) is 2. The van der Waals surface area contributed by atoms with Crippen molar-refractivity contribution in [3.63, 3.8) is 0 Å². The maximum absolute atomic E-state index is 9.35. The first-order chi connectivity index (χ1) is 9.83. The third-order valence-electron chi connectivity index (χ3n) is 2.83. The molecule has 0 aliphatic rings. The minimum absolute atomic E-state index is 0.0558. The molecule has 0 atom stereocenters. The molecule has 0 aliphatic heterocycles. The Morgan fingerprint density at radius 3 is 2.60 bits per heavy atom. The van der Waals surface area contributed by atoms with E-state index < -0.39 is 0 Å². The number of rotatable bonds is 7. The summed E-state index contributed by atoms with van der Waals surface area (Å²) in [6.07, 6.45) is 4.41. The van der Waals surface area contributed by atoms with Crippen molar-refractivity contribution in [3.8, 4) is 11.5 Å². The van der Waals surface area contributed by atoms with E-state index in [1.165, 1.54) is 0 Å². The molecule has 1 heterocycles. The number of hydrogen-bond acceptors (Lipinski definition) is 4. The van der Waals surface area contributed by atoms with E-state index in [0.717, 1.165) is 23.3 Å². The maximum atomic E-state index is 9.35. The van der Waals surface area contributed by atoms with Crippen LogP contribution in [0.5, 0.6) is 11.5 Å². The van der Waals surface area contributed by atoms with Crippen molar-refractivity contribution in [1.82, 2.24) is 4.98 Å². The highest BCUT2D eigenvalue weighted by atomic mass is 16.5. The fourth-order valence-corrected chi connectivity index (χ4v) is 1.75. The van der Waals surface area contributed by atoms with Crippen molar-refractivity contribution in [2.75, 3.05) is 6.61 Å². The van der Waals surface area contributed by atoms with Gasteiger partial charge in [-0.2, -0.15) is 0 Å². The molecule has 0 spiro atoms. The van der Waals surface area contributed by atoms with Gasteiger partial charge in [-0.25, -0.2) is 0 Å². The van der Waals surface area contributed by atoms with Crippen LogP contribution in [-0.2, 0) is 13.2 Å². The Morgan fingerprint density at radius 2 is 1.90 bits per heavy atom. The zero-order valence-corrected chi connectivity index (χ0v) is 11.6. The summed E-state index contributed by atoms with van der Waals surface area (Å²) in [6.45, 7) is 3.11. The predicted octanol–water partition coefficient (Wildman–Crippen LogP) is 2.94. The standard InChI is InChI=1S/C16H19NO3/c1-2-9-19-15-4-3-14(11-18)16(10-15)20-12-13-5-7-17-8-6-13/h3-8,10,18H,2,9,11-12H2,1H3. The van der Waals surface area contributed by atoms with Crippen molar-refractivity contribution in [3.05, 3.63) is 53.9 Å². The monoisotopic (exact) mass is 273 g/mol. The van der Waals surface area contributed by atoms with Crippen LogP contribution in [0.15, 0.2) is 42.7 Å². The molecule has 0 amide bonds. The van der Waals surface area contributed by atoms with Crippen molar-refractivity contribution in [1.29, 1.82) is 0 Å². The highest BCUT2D eigenvalue weighted by molar-refractivity contribution is 5.40. The molecule has 4 nitrogen and oxygen atoms in total. The molecule has 0 bridgehead atoms. The van der Waals surface area contributed by atoms with Gasteiger partial charge in [-0.1, -0.05) is 6.92 Å². The lowest BCUT2D eigenvalue weighted by Crippen LogP contribution is -2.01. The zero-order chi connectivity index (χ0) is 14.2. The van der Waals surface area contributed by atoms with Crippen LogP contribution < -0.4 is 9.47 Å². The highest BCUT2D eigenvalue weighted by Crippen LogP contribution is 2.26. The largest absolute Gasteiger partial charge is 0.493 e. The average molecular weight is 273 g/mol. The number of hydrogen-bond donors (Lipinski definition) is 1. The summed E-state index contributed by atoms with van der Waals surface area (Å²) in [7, 11) is 0. The molecule has 20 heavy (non-hydrogen) atoms. The topological polar surface area (TPSA) is 51.6 Å². The molecule has 106 valence electrons. The van der Waals surface area contributed by atoms with E-state index in [-0.39, 0.29) is 6.61 Å². The summed E-state index contributed by atoms with van der Waals surface area (Å²) in [5.41, 5.74) is 1.78. The minimum atomic E-state index is -0.0558. The first-order valence-electron chi connectivity index (χ1n) is 6.71. The van der Waals surface area contributed by atoms with Crippen molar-refractivity contribution in [2.24, 2.45) is 0 Å². The normalized spacial score (nSPS) is 10.3. The Balaban J connectivity index is 2.07.